The van der Waals surface area contributed by atoms with Gasteiger partial charge in [-0.1, -0.05) is 17.6 Å². The van der Waals surface area contributed by atoms with E-state index in [-0.39, 0.29) is 5.91 Å². The second-order valence-electron chi connectivity index (χ2n) is 7.55. The number of nitrogens with zero attached hydrogens (tertiary/aromatic N) is 2. The fraction of sp³-hybridized carbons (Fsp3) is 0.318. The third-order valence-electron chi connectivity index (χ3n) is 5.48. The minimum atomic E-state index is 0.0917. The van der Waals surface area contributed by atoms with Gasteiger partial charge in [-0.15, -0.1) is 11.8 Å². The highest BCUT2D eigenvalue weighted by atomic mass is 79.9. The number of benzene rings is 2. The van der Waals surface area contributed by atoms with Crippen LogP contribution in [0.1, 0.15) is 16.8 Å². The molecule has 0 spiro atoms. The van der Waals surface area contributed by atoms with E-state index in [9.17, 15) is 4.79 Å². The van der Waals surface area contributed by atoms with Crippen molar-refractivity contribution in [2.45, 2.75) is 11.0 Å². The van der Waals surface area contributed by atoms with Crippen molar-refractivity contribution in [2.24, 2.45) is 0 Å². The number of ether oxygens (including phenoxy) is 1. The predicted molar refractivity (Wildman–Crippen MR) is 139 cm³/mol. The Hall–Kier alpha value is -1.71. The SMILES string of the molecule is BC1=C(Br)SC(SNc2ccc(C(=O)N3CCN(c4ccccc4OC)CC3)cc2)C1. The van der Waals surface area contributed by atoms with Crippen LogP contribution in [-0.2, 0) is 0 Å². The third kappa shape index (κ3) is 5.38. The number of rotatable bonds is 6. The standard InChI is InChI=1S/C22H25BBrN3O2S2/c1-29-19-5-3-2-4-18(19)26-10-12-27(13-11-26)22(28)15-6-8-16(9-7-15)25-31-20-14-17(23)21(24)30-20/h2-9,20,25H,10-14,23H2,1H3. The van der Waals surface area contributed by atoms with E-state index in [1.165, 1.54) is 9.29 Å². The largest absolute Gasteiger partial charge is 0.495 e. The Balaban J connectivity index is 1.29. The lowest BCUT2D eigenvalue weighted by molar-refractivity contribution is 0.0746. The number of anilines is 2. The molecule has 2 aromatic carbocycles. The smallest absolute Gasteiger partial charge is 0.253 e. The molecular formula is C22H25BBrN3O2S2. The number of piperazine rings is 1. The molecule has 2 aliphatic rings. The van der Waals surface area contributed by atoms with Crippen LogP contribution in [-0.4, -0.2) is 56.5 Å². The summed E-state index contributed by atoms with van der Waals surface area (Å²) in [5.74, 6) is 0.964. The van der Waals surface area contributed by atoms with Crippen LogP contribution < -0.4 is 14.4 Å². The molecule has 0 aromatic heterocycles. The van der Waals surface area contributed by atoms with Crippen LogP contribution in [0.3, 0.4) is 0 Å². The monoisotopic (exact) mass is 517 g/mol. The predicted octanol–water partition coefficient (Wildman–Crippen LogP) is 4.38. The van der Waals surface area contributed by atoms with Gasteiger partial charge in [-0.2, -0.15) is 0 Å². The van der Waals surface area contributed by atoms with Crippen LogP contribution in [0, 0.1) is 0 Å². The van der Waals surface area contributed by atoms with Crippen molar-refractivity contribution >= 4 is 64.8 Å². The van der Waals surface area contributed by atoms with Crippen molar-refractivity contribution in [2.75, 3.05) is 42.9 Å². The maximum atomic E-state index is 13.0. The van der Waals surface area contributed by atoms with E-state index in [1.54, 1.807) is 19.1 Å². The molecule has 2 aliphatic heterocycles. The zero-order valence-electron chi connectivity index (χ0n) is 17.6. The van der Waals surface area contributed by atoms with E-state index in [0.29, 0.717) is 17.7 Å². The lowest BCUT2D eigenvalue weighted by Crippen LogP contribution is -2.48. The molecule has 2 aromatic rings. The molecule has 162 valence electrons. The van der Waals surface area contributed by atoms with Crippen molar-refractivity contribution < 1.29 is 9.53 Å². The van der Waals surface area contributed by atoms with Gasteiger partial charge in [0, 0.05) is 41.2 Å². The molecule has 1 atom stereocenters. The highest BCUT2D eigenvalue weighted by molar-refractivity contribution is 9.14. The minimum absolute atomic E-state index is 0.0917. The molecule has 1 saturated heterocycles. The minimum Gasteiger partial charge on any atom is -0.495 e. The van der Waals surface area contributed by atoms with E-state index in [1.807, 2.05) is 59.1 Å². The molecule has 5 nitrogen and oxygen atoms in total. The number of methoxy groups -OCH3 is 1. The van der Waals surface area contributed by atoms with Crippen molar-refractivity contribution in [1.82, 2.24) is 4.90 Å². The number of halogens is 1. The van der Waals surface area contributed by atoms with E-state index < -0.39 is 0 Å². The van der Waals surface area contributed by atoms with Gasteiger partial charge in [-0.25, -0.2) is 0 Å². The maximum Gasteiger partial charge on any atom is 0.253 e. The van der Waals surface area contributed by atoms with E-state index in [2.05, 4.69) is 39.5 Å². The Morgan fingerprint density at radius 1 is 1.16 bits per heavy atom. The van der Waals surface area contributed by atoms with Crippen LogP contribution in [0.2, 0.25) is 0 Å². The molecule has 31 heavy (non-hydrogen) atoms. The Labute approximate surface area is 201 Å². The molecule has 0 aliphatic carbocycles. The molecule has 0 saturated carbocycles. The molecule has 1 unspecified atom stereocenters. The fourth-order valence-electron chi connectivity index (χ4n) is 3.69. The molecule has 1 fully saturated rings. The van der Waals surface area contributed by atoms with Crippen LogP contribution in [0.25, 0.3) is 0 Å². The summed E-state index contributed by atoms with van der Waals surface area (Å²) in [5.41, 5.74) is 4.24. The molecule has 0 bridgehead atoms. The molecule has 4 rings (SSSR count). The molecule has 9 heteroatoms. The second kappa shape index (κ2) is 10.3. The van der Waals surface area contributed by atoms with Crippen LogP contribution in [0.15, 0.2) is 57.8 Å². The highest BCUT2D eigenvalue weighted by Gasteiger charge is 2.24. The second-order valence-corrected chi connectivity index (χ2v) is 11.4. The van der Waals surface area contributed by atoms with Gasteiger partial charge in [0.05, 0.1) is 17.4 Å². The van der Waals surface area contributed by atoms with Gasteiger partial charge in [0.25, 0.3) is 5.91 Å². The molecule has 0 radical (unpaired) electrons. The average molecular weight is 518 g/mol. The normalized spacial score (nSPS) is 19.0. The first kappa shape index (κ1) is 22.5. The van der Waals surface area contributed by atoms with Crippen LogP contribution in [0.5, 0.6) is 5.75 Å². The molecular weight excluding hydrogens is 493 g/mol. The average Bonchev–Trinajstić information content (AvgIpc) is 3.14. The summed E-state index contributed by atoms with van der Waals surface area (Å²) in [6.45, 7) is 2.99. The summed E-state index contributed by atoms with van der Waals surface area (Å²) in [4.78, 5) is 17.2. The van der Waals surface area contributed by atoms with Crippen LogP contribution in [0.4, 0.5) is 11.4 Å². The number of carbonyl (C=O) groups excluding carboxylic acids is 1. The quantitative estimate of drug-likeness (QED) is 0.453. The topological polar surface area (TPSA) is 44.8 Å². The zero-order chi connectivity index (χ0) is 21.8. The Morgan fingerprint density at radius 3 is 2.52 bits per heavy atom. The Bertz CT molecular complexity index is 951. The number of para-hydroxylation sites is 2. The van der Waals surface area contributed by atoms with Crippen molar-refractivity contribution in [3.63, 3.8) is 0 Å². The van der Waals surface area contributed by atoms with E-state index in [4.69, 9.17) is 4.74 Å². The Morgan fingerprint density at radius 2 is 1.87 bits per heavy atom. The number of amides is 1. The van der Waals surface area contributed by atoms with Gasteiger partial charge in [0.15, 0.2) is 0 Å². The fourth-order valence-corrected chi connectivity index (χ4v) is 7.11. The first-order chi connectivity index (χ1) is 15.0. The van der Waals surface area contributed by atoms with E-state index in [0.717, 1.165) is 42.2 Å². The number of nitrogens with one attached hydrogen (secondary N) is 1. The van der Waals surface area contributed by atoms with Crippen molar-refractivity contribution in [1.29, 1.82) is 0 Å². The van der Waals surface area contributed by atoms with Crippen molar-refractivity contribution in [3.05, 3.63) is 63.4 Å². The van der Waals surface area contributed by atoms with Gasteiger partial charge in [-0.05, 0) is 70.7 Å². The van der Waals surface area contributed by atoms with Gasteiger partial charge in [0.1, 0.15) is 13.6 Å². The first-order valence-corrected chi connectivity index (χ1v) is 12.8. The van der Waals surface area contributed by atoms with Gasteiger partial charge < -0.3 is 19.3 Å². The lowest BCUT2D eigenvalue weighted by atomic mass is 9.96. The van der Waals surface area contributed by atoms with Gasteiger partial charge >= 0.3 is 0 Å². The van der Waals surface area contributed by atoms with Crippen LogP contribution >= 0.6 is 39.6 Å². The number of thioether (sulfide) groups is 1. The summed E-state index contributed by atoms with van der Waals surface area (Å²) in [6, 6.07) is 15.8. The van der Waals surface area contributed by atoms with Gasteiger partial charge in [-0.3, -0.25) is 4.79 Å². The number of carbonyl (C=O) groups is 1. The zero-order valence-corrected chi connectivity index (χ0v) is 20.9. The van der Waals surface area contributed by atoms with Crippen molar-refractivity contribution in [3.8, 4) is 5.75 Å². The third-order valence-corrected chi connectivity index (χ3v) is 9.06. The lowest BCUT2D eigenvalue weighted by Gasteiger charge is -2.36. The summed E-state index contributed by atoms with van der Waals surface area (Å²) >= 11 is 7.17. The number of allylic oxidation sites excluding steroid dienone is 1. The molecule has 2 heterocycles. The number of hydrogen-bond donors (Lipinski definition) is 1. The summed E-state index contributed by atoms with van der Waals surface area (Å²) < 4.78 is 10.6. The number of hydrogen-bond acceptors (Lipinski definition) is 6. The maximum absolute atomic E-state index is 13.0. The Kier molecular flexibility index (Phi) is 7.45. The molecule has 1 N–H and O–H groups in total. The molecule has 1 amide bonds. The summed E-state index contributed by atoms with van der Waals surface area (Å²) in [6.07, 6.45) is 1.07. The highest BCUT2D eigenvalue weighted by Crippen LogP contribution is 2.45. The first-order valence-electron chi connectivity index (χ1n) is 10.3. The summed E-state index contributed by atoms with van der Waals surface area (Å²) in [7, 11) is 3.85. The van der Waals surface area contributed by atoms with E-state index >= 15 is 0 Å². The summed E-state index contributed by atoms with van der Waals surface area (Å²) in [5, 5.41) is 0. The van der Waals surface area contributed by atoms with Gasteiger partial charge in [0.2, 0.25) is 0 Å².